The normalized spacial score (nSPS) is 17.8. The lowest BCUT2D eigenvalue weighted by Gasteiger charge is -2.23. The van der Waals surface area contributed by atoms with E-state index in [4.69, 9.17) is 5.26 Å². The number of nitriles is 1. The van der Waals surface area contributed by atoms with Crippen LogP contribution in [0.25, 0.3) is 0 Å². The van der Waals surface area contributed by atoms with E-state index in [0.717, 1.165) is 12.2 Å². The van der Waals surface area contributed by atoms with Crippen LogP contribution in [0, 0.1) is 18.3 Å². The smallest absolute Gasteiger partial charge is 0.120 e. The van der Waals surface area contributed by atoms with Gasteiger partial charge in [-0.3, -0.25) is 0 Å². The zero-order valence-corrected chi connectivity index (χ0v) is 12.8. The van der Waals surface area contributed by atoms with Crippen LogP contribution < -0.4 is 5.32 Å². The molecular formula is C16H19N3S. The molecule has 2 heterocycles. The van der Waals surface area contributed by atoms with Gasteiger partial charge in [0.05, 0.1) is 0 Å². The summed E-state index contributed by atoms with van der Waals surface area (Å²) in [5.74, 6) is 0. The number of thiophene rings is 1. The molecule has 20 heavy (non-hydrogen) atoms. The van der Waals surface area contributed by atoms with E-state index in [-0.39, 0.29) is 0 Å². The molecule has 0 aromatic carbocycles. The summed E-state index contributed by atoms with van der Waals surface area (Å²) in [7, 11) is 1.95. The topological polar surface area (TPSA) is 40.8 Å². The lowest BCUT2D eigenvalue weighted by molar-refractivity contribution is 0.462. The van der Waals surface area contributed by atoms with Crippen LogP contribution >= 0.6 is 11.3 Å². The predicted molar refractivity (Wildman–Crippen MR) is 81.7 cm³/mol. The Bertz CT molecular complexity index is 660. The van der Waals surface area contributed by atoms with E-state index in [1.54, 1.807) is 0 Å². The second-order valence-electron chi connectivity index (χ2n) is 5.44. The molecule has 0 fully saturated rings. The van der Waals surface area contributed by atoms with Gasteiger partial charge in [-0.15, -0.1) is 11.3 Å². The number of hydrogen-bond acceptors (Lipinski definition) is 3. The standard InChI is InChI=1S/C16H19N3S/c1-11-12(8-13(9-17)19(11)2)10-18-15-4-3-5-16-14(15)6-7-20-16/h6-8,15,18H,3-5,10H2,1-2H3. The van der Waals surface area contributed by atoms with Gasteiger partial charge in [-0.05, 0) is 54.8 Å². The molecule has 0 amide bonds. The second kappa shape index (κ2) is 5.43. The van der Waals surface area contributed by atoms with Crippen molar-refractivity contribution in [3.63, 3.8) is 0 Å². The second-order valence-corrected chi connectivity index (χ2v) is 6.44. The summed E-state index contributed by atoms with van der Waals surface area (Å²) in [5, 5.41) is 15.0. The molecule has 0 spiro atoms. The van der Waals surface area contributed by atoms with Gasteiger partial charge >= 0.3 is 0 Å². The molecule has 3 nitrogen and oxygen atoms in total. The molecule has 2 aromatic heterocycles. The first-order valence-electron chi connectivity index (χ1n) is 7.05. The van der Waals surface area contributed by atoms with Gasteiger partial charge in [0.25, 0.3) is 0 Å². The number of nitrogens with one attached hydrogen (secondary N) is 1. The zero-order valence-electron chi connectivity index (χ0n) is 11.9. The van der Waals surface area contributed by atoms with Gasteiger partial charge in [0.1, 0.15) is 11.8 Å². The first-order valence-corrected chi connectivity index (χ1v) is 7.93. The quantitative estimate of drug-likeness (QED) is 0.938. The van der Waals surface area contributed by atoms with E-state index in [2.05, 4.69) is 29.8 Å². The number of nitrogens with zero attached hydrogens (tertiary/aromatic N) is 2. The average Bonchev–Trinajstić information content (AvgIpc) is 3.04. The molecule has 0 saturated heterocycles. The van der Waals surface area contributed by atoms with Crippen molar-refractivity contribution < 1.29 is 0 Å². The van der Waals surface area contributed by atoms with Crippen molar-refractivity contribution in [1.29, 1.82) is 5.26 Å². The fourth-order valence-corrected chi connectivity index (χ4v) is 3.97. The average molecular weight is 285 g/mol. The number of rotatable bonds is 3. The van der Waals surface area contributed by atoms with E-state index in [1.807, 2.05) is 29.0 Å². The van der Waals surface area contributed by atoms with Crippen LogP contribution in [0.3, 0.4) is 0 Å². The van der Waals surface area contributed by atoms with Gasteiger partial charge in [0.15, 0.2) is 0 Å². The van der Waals surface area contributed by atoms with Gasteiger partial charge in [0.2, 0.25) is 0 Å². The number of fused-ring (bicyclic) bond motifs is 1. The lowest BCUT2D eigenvalue weighted by atomic mass is 9.94. The molecule has 0 saturated carbocycles. The van der Waals surface area contributed by atoms with Crippen molar-refractivity contribution in [3.8, 4) is 6.07 Å². The van der Waals surface area contributed by atoms with Crippen molar-refractivity contribution in [2.45, 2.75) is 38.8 Å². The van der Waals surface area contributed by atoms with Gasteiger partial charge < -0.3 is 9.88 Å². The van der Waals surface area contributed by atoms with Crippen molar-refractivity contribution in [2.24, 2.45) is 7.05 Å². The molecule has 3 rings (SSSR count). The maximum atomic E-state index is 9.09. The van der Waals surface area contributed by atoms with Crippen LogP contribution in [0.15, 0.2) is 17.5 Å². The molecular weight excluding hydrogens is 266 g/mol. The minimum Gasteiger partial charge on any atom is -0.340 e. The number of aryl methyl sites for hydroxylation is 1. The summed E-state index contributed by atoms with van der Waals surface area (Å²) >= 11 is 1.88. The Morgan fingerprint density at radius 2 is 2.40 bits per heavy atom. The molecule has 1 unspecified atom stereocenters. The van der Waals surface area contributed by atoms with Gasteiger partial charge in [-0.2, -0.15) is 5.26 Å². The first-order chi connectivity index (χ1) is 9.70. The zero-order chi connectivity index (χ0) is 14.1. The maximum absolute atomic E-state index is 9.09. The minimum atomic E-state index is 0.468. The monoisotopic (exact) mass is 285 g/mol. The van der Waals surface area contributed by atoms with Crippen LogP contribution in [0.5, 0.6) is 0 Å². The predicted octanol–water partition coefficient (Wildman–Crippen LogP) is 3.43. The third kappa shape index (κ3) is 2.28. The largest absolute Gasteiger partial charge is 0.340 e. The van der Waals surface area contributed by atoms with Crippen LogP contribution in [0.4, 0.5) is 0 Å². The summed E-state index contributed by atoms with van der Waals surface area (Å²) in [6, 6.07) is 6.97. The Kier molecular flexibility index (Phi) is 3.64. The van der Waals surface area contributed by atoms with Gasteiger partial charge in [0, 0.05) is 30.2 Å². The van der Waals surface area contributed by atoms with Gasteiger partial charge in [-0.1, -0.05) is 0 Å². The van der Waals surface area contributed by atoms with Crippen LogP contribution in [0.1, 0.15) is 46.3 Å². The highest BCUT2D eigenvalue weighted by Gasteiger charge is 2.21. The highest BCUT2D eigenvalue weighted by Crippen LogP contribution is 2.33. The Balaban J connectivity index is 1.74. The molecule has 1 aliphatic carbocycles. The van der Waals surface area contributed by atoms with Crippen LogP contribution in [-0.2, 0) is 20.0 Å². The van der Waals surface area contributed by atoms with E-state index in [9.17, 15) is 0 Å². The molecule has 0 aliphatic heterocycles. The van der Waals surface area contributed by atoms with E-state index in [0.29, 0.717) is 6.04 Å². The first kappa shape index (κ1) is 13.4. The third-order valence-electron chi connectivity index (χ3n) is 4.35. The number of aromatic nitrogens is 1. The fourth-order valence-electron chi connectivity index (χ4n) is 2.98. The molecule has 2 aromatic rings. The SMILES string of the molecule is Cc1c(CNC2CCCc3sccc32)cc(C#N)n1C. The van der Waals surface area contributed by atoms with E-state index < -0.39 is 0 Å². The van der Waals surface area contributed by atoms with Crippen molar-refractivity contribution in [3.05, 3.63) is 44.9 Å². The minimum absolute atomic E-state index is 0.468. The maximum Gasteiger partial charge on any atom is 0.120 e. The highest BCUT2D eigenvalue weighted by molar-refractivity contribution is 7.10. The Morgan fingerprint density at radius 3 is 3.15 bits per heavy atom. The van der Waals surface area contributed by atoms with Crippen LogP contribution in [0.2, 0.25) is 0 Å². The summed E-state index contributed by atoms with van der Waals surface area (Å²) in [4.78, 5) is 1.54. The van der Waals surface area contributed by atoms with E-state index in [1.165, 1.54) is 41.0 Å². The molecule has 4 heteroatoms. The van der Waals surface area contributed by atoms with E-state index >= 15 is 0 Å². The number of hydrogen-bond donors (Lipinski definition) is 1. The van der Waals surface area contributed by atoms with Crippen molar-refractivity contribution in [1.82, 2.24) is 9.88 Å². The highest BCUT2D eigenvalue weighted by atomic mass is 32.1. The summed E-state index contributed by atoms with van der Waals surface area (Å²) < 4.78 is 1.97. The third-order valence-corrected chi connectivity index (χ3v) is 5.34. The molecule has 104 valence electrons. The lowest BCUT2D eigenvalue weighted by Crippen LogP contribution is -2.24. The summed E-state index contributed by atoms with van der Waals surface area (Å²) in [6.07, 6.45) is 3.71. The molecule has 1 aliphatic rings. The fraction of sp³-hybridized carbons (Fsp3) is 0.438. The molecule has 1 atom stereocenters. The Hall–Kier alpha value is -1.57. The summed E-state index contributed by atoms with van der Waals surface area (Å²) in [5.41, 5.74) is 4.62. The Morgan fingerprint density at radius 1 is 1.55 bits per heavy atom. The molecule has 0 radical (unpaired) electrons. The Labute approximate surface area is 123 Å². The molecule has 0 bridgehead atoms. The molecule has 1 N–H and O–H groups in total. The summed E-state index contributed by atoms with van der Waals surface area (Å²) in [6.45, 7) is 2.91. The van der Waals surface area contributed by atoms with Crippen LogP contribution in [-0.4, -0.2) is 4.57 Å². The van der Waals surface area contributed by atoms with Crippen molar-refractivity contribution >= 4 is 11.3 Å². The van der Waals surface area contributed by atoms with Gasteiger partial charge in [-0.25, -0.2) is 0 Å². The van der Waals surface area contributed by atoms with Crippen molar-refractivity contribution in [2.75, 3.05) is 0 Å².